The fourth-order valence-corrected chi connectivity index (χ4v) is 3.29. The Morgan fingerprint density at radius 1 is 1.15 bits per heavy atom. The molecule has 0 aliphatic carbocycles. The van der Waals surface area contributed by atoms with E-state index in [1.807, 2.05) is 6.92 Å². The SMILES string of the molecule is CCCCOc1nc(C(F)(F)F)ccc1CNC(=O)C(C)c1ccc(CNS(C)(=O)=O)c(F)c1. The molecule has 0 aliphatic rings. The summed E-state index contributed by atoms with van der Waals surface area (Å²) in [5, 5.41) is 2.61. The molecule has 0 saturated carbocycles. The first kappa shape index (κ1) is 27.5. The maximum absolute atomic E-state index is 14.4. The van der Waals surface area contributed by atoms with Crippen LogP contribution in [-0.2, 0) is 34.1 Å². The molecule has 34 heavy (non-hydrogen) atoms. The number of carbonyl (C=O) groups is 1. The van der Waals surface area contributed by atoms with E-state index in [4.69, 9.17) is 4.74 Å². The van der Waals surface area contributed by atoms with Gasteiger partial charge < -0.3 is 10.1 Å². The minimum atomic E-state index is -4.63. The van der Waals surface area contributed by atoms with Gasteiger partial charge in [-0.25, -0.2) is 22.5 Å². The highest BCUT2D eigenvalue weighted by Crippen LogP contribution is 2.30. The zero-order chi connectivity index (χ0) is 25.5. The number of hydrogen-bond acceptors (Lipinski definition) is 5. The van der Waals surface area contributed by atoms with Crippen molar-refractivity contribution >= 4 is 15.9 Å². The second kappa shape index (κ2) is 11.6. The number of aromatic nitrogens is 1. The van der Waals surface area contributed by atoms with Crippen LogP contribution in [0.5, 0.6) is 5.88 Å². The van der Waals surface area contributed by atoms with Crippen LogP contribution in [0.15, 0.2) is 30.3 Å². The highest BCUT2D eigenvalue weighted by molar-refractivity contribution is 7.88. The van der Waals surface area contributed by atoms with Crippen molar-refractivity contribution in [3.8, 4) is 5.88 Å². The number of nitrogens with zero attached hydrogens (tertiary/aromatic N) is 1. The van der Waals surface area contributed by atoms with Gasteiger partial charge in [0.15, 0.2) is 0 Å². The molecule has 0 saturated heterocycles. The number of nitrogens with one attached hydrogen (secondary N) is 2. The number of hydrogen-bond donors (Lipinski definition) is 2. The van der Waals surface area contributed by atoms with Gasteiger partial charge in [0.25, 0.3) is 0 Å². The summed E-state index contributed by atoms with van der Waals surface area (Å²) < 4.78 is 83.3. The van der Waals surface area contributed by atoms with Gasteiger partial charge in [0.2, 0.25) is 21.8 Å². The van der Waals surface area contributed by atoms with Crippen LogP contribution in [0.1, 0.15) is 55.0 Å². The molecule has 1 amide bonds. The predicted octanol–water partition coefficient (Wildman–Crippen LogP) is 3.89. The second-order valence-corrected chi connectivity index (χ2v) is 9.58. The maximum atomic E-state index is 14.4. The van der Waals surface area contributed by atoms with Crippen LogP contribution >= 0.6 is 0 Å². The zero-order valence-electron chi connectivity index (χ0n) is 19.0. The smallest absolute Gasteiger partial charge is 0.433 e. The summed E-state index contributed by atoms with van der Waals surface area (Å²) in [6.45, 7) is 3.27. The van der Waals surface area contributed by atoms with E-state index in [0.717, 1.165) is 24.8 Å². The van der Waals surface area contributed by atoms with E-state index in [9.17, 15) is 30.8 Å². The summed E-state index contributed by atoms with van der Waals surface area (Å²) in [5.41, 5.74) is -0.351. The molecule has 1 aromatic heterocycles. The monoisotopic (exact) mass is 505 g/mol. The predicted molar refractivity (Wildman–Crippen MR) is 118 cm³/mol. The van der Waals surface area contributed by atoms with Crippen molar-refractivity contribution in [1.82, 2.24) is 15.0 Å². The van der Waals surface area contributed by atoms with Gasteiger partial charge in [-0.1, -0.05) is 25.5 Å². The number of amides is 1. The number of alkyl halides is 3. The van der Waals surface area contributed by atoms with Crippen LogP contribution in [0.4, 0.5) is 17.6 Å². The highest BCUT2D eigenvalue weighted by Gasteiger charge is 2.33. The summed E-state index contributed by atoms with van der Waals surface area (Å²) in [7, 11) is -3.49. The molecule has 0 fully saturated rings. The Bertz CT molecular complexity index is 1110. The summed E-state index contributed by atoms with van der Waals surface area (Å²) >= 11 is 0. The Balaban J connectivity index is 2.10. The molecule has 1 heterocycles. The molecular formula is C22H27F4N3O4S. The Kier molecular flexibility index (Phi) is 9.39. The molecule has 188 valence electrons. The second-order valence-electron chi connectivity index (χ2n) is 7.74. The highest BCUT2D eigenvalue weighted by atomic mass is 32.2. The molecule has 2 rings (SSSR count). The molecule has 7 nitrogen and oxygen atoms in total. The zero-order valence-corrected chi connectivity index (χ0v) is 19.8. The number of rotatable bonds is 11. The average Bonchev–Trinajstić information content (AvgIpc) is 2.75. The minimum Gasteiger partial charge on any atom is -0.477 e. The normalized spacial score (nSPS) is 12.9. The topological polar surface area (TPSA) is 97.4 Å². The van der Waals surface area contributed by atoms with Crippen molar-refractivity contribution in [2.75, 3.05) is 12.9 Å². The van der Waals surface area contributed by atoms with E-state index in [2.05, 4.69) is 15.0 Å². The Hall–Kier alpha value is -2.73. The van der Waals surface area contributed by atoms with Gasteiger partial charge in [-0.3, -0.25) is 4.79 Å². The minimum absolute atomic E-state index is 0.117. The summed E-state index contributed by atoms with van der Waals surface area (Å²) in [4.78, 5) is 16.2. The number of unbranched alkanes of at least 4 members (excludes halogenated alkanes) is 1. The molecule has 2 aromatic rings. The van der Waals surface area contributed by atoms with Crippen molar-refractivity contribution in [2.45, 2.75) is 51.9 Å². The third kappa shape index (κ3) is 8.24. The third-order valence-electron chi connectivity index (χ3n) is 4.91. The van der Waals surface area contributed by atoms with Crippen molar-refractivity contribution in [1.29, 1.82) is 0 Å². The Labute approximate surface area is 196 Å². The summed E-state index contributed by atoms with van der Waals surface area (Å²) in [6, 6.07) is 6.04. The first-order chi connectivity index (χ1) is 15.8. The largest absolute Gasteiger partial charge is 0.477 e. The van der Waals surface area contributed by atoms with E-state index in [0.29, 0.717) is 12.0 Å². The van der Waals surface area contributed by atoms with E-state index < -0.39 is 39.5 Å². The average molecular weight is 506 g/mol. The lowest BCUT2D eigenvalue weighted by atomic mass is 9.98. The van der Waals surface area contributed by atoms with Crippen molar-refractivity contribution < 1.29 is 35.5 Å². The Morgan fingerprint density at radius 3 is 2.41 bits per heavy atom. The lowest BCUT2D eigenvalue weighted by Gasteiger charge is -2.16. The van der Waals surface area contributed by atoms with Gasteiger partial charge in [-0.15, -0.1) is 0 Å². The molecule has 1 aromatic carbocycles. The van der Waals surface area contributed by atoms with Gasteiger partial charge in [0.1, 0.15) is 11.5 Å². The lowest BCUT2D eigenvalue weighted by Crippen LogP contribution is -2.28. The standard InChI is InChI=1S/C22H27F4N3O4S/c1-4-5-10-33-21-17(8-9-19(29-21)22(24,25)26)12-27-20(30)14(2)15-6-7-16(18(23)11-15)13-28-34(3,31)32/h6-9,11,14,28H,4-5,10,12-13H2,1-3H3,(H,27,30). The molecule has 12 heteroatoms. The van der Waals surface area contributed by atoms with Gasteiger partial charge >= 0.3 is 6.18 Å². The summed E-state index contributed by atoms with van der Waals surface area (Å²) in [6.07, 6.45) is -2.27. The van der Waals surface area contributed by atoms with E-state index in [-0.39, 0.29) is 36.7 Å². The van der Waals surface area contributed by atoms with Gasteiger partial charge in [0, 0.05) is 24.2 Å². The number of ether oxygens (including phenoxy) is 1. The number of sulfonamides is 1. The third-order valence-corrected chi connectivity index (χ3v) is 5.58. The molecule has 1 unspecified atom stereocenters. The summed E-state index contributed by atoms with van der Waals surface area (Å²) in [5.74, 6) is -2.14. The lowest BCUT2D eigenvalue weighted by molar-refractivity contribution is -0.141. The maximum Gasteiger partial charge on any atom is 0.433 e. The van der Waals surface area contributed by atoms with Crippen LogP contribution in [0.25, 0.3) is 0 Å². The molecule has 0 spiro atoms. The van der Waals surface area contributed by atoms with Crippen LogP contribution in [0.2, 0.25) is 0 Å². The number of carbonyl (C=O) groups excluding carboxylic acids is 1. The van der Waals surface area contributed by atoms with Crippen molar-refractivity contribution in [3.63, 3.8) is 0 Å². The van der Waals surface area contributed by atoms with Crippen LogP contribution < -0.4 is 14.8 Å². The first-order valence-corrected chi connectivity index (χ1v) is 12.4. The van der Waals surface area contributed by atoms with Crippen LogP contribution in [-0.4, -0.2) is 32.2 Å². The first-order valence-electron chi connectivity index (χ1n) is 10.5. The molecule has 0 radical (unpaired) electrons. The van der Waals surface area contributed by atoms with Crippen LogP contribution in [0.3, 0.4) is 0 Å². The number of benzene rings is 1. The van der Waals surface area contributed by atoms with E-state index in [1.54, 1.807) is 6.92 Å². The number of halogens is 4. The molecule has 0 bridgehead atoms. The fourth-order valence-electron chi connectivity index (χ4n) is 2.87. The van der Waals surface area contributed by atoms with E-state index in [1.165, 1.54) is 18.2 Å². The van der Waals surface area contributed by atoms with Gasteiger partial charge in [-0.2, -0.15) is 13.2 Å². The Morgan fingerprint density at radius 2 is 1.82 bits per heavy atom. The fraction of sp³-hybridized carbons (Fsp3) is 0.455. The molecular weight excluding hydrogens is 478 g/mol. The van der Waals surface area contributed by atoms with Crippen molar-refractivity contribution in [3.05, 3.63) is 58.5 Å². The number of pyridine rings is 1. The van der Waals surface area contributed by atoms with E-state index >= 15 is 0 Å². The van der Waals surface area contributed by atoms with Gasteiger partial charge in [0.05, 0.1) is 18.8 Å². The quantitative estimate of drug-likeness (QED) is 0.357. The van der Waals surface area contributed by atoms with Crippen LogP contribution in [0, 0.1) is 5.82 Å². The van der Waals surface area contributed by atoms with Crippen molar-refractivity contribution in [2.24, 2.45) is 0 Å². The molecule has 0 aliphatic heterocycles. The molecule has 1 atom stereocenters. The van der Waals surface area contributed by atoms with Gasteiger partial charge in [-0.05, 0) is 37.1 Å². The molecule has 2 N–H and O–H groups in total.